The van der Waals surface area contributed by atoms with Crippen molar-refractivity contribution < 1.29 is 0 Å². The number of halogens is 1. The normalized spacial score (nSPS) is 14.8. The van der Waals surface area contributed by atoms with Crippen molar-refractivity contribution in [3.05, 3.63) is 28.5 Å². The van der Waals surface area contributed by atoms with E-state index >= 15 is 0 Å². The van der Waals surface area contributed by atoms with Crippen molar-refractivity contribution >= 4 is 15.9 Å². The highest BCUT2D eigenvalue weighted by Gasteiger charge is 2.12. The van der Waals surface area contributed by atoms with Gasteiger partial charge in [-0.15, -0.1) is 0 Å². The molecule has 0 saturated carbocycles. The van der Waals surface area contributed by atoms with E-state index in [9.17, 15) is 0 Å². The average molecular weight is 285 g/mol. The molecule has 0 saturated heterocycles. The molecule has 1 aromatic heterocycles. The van der Waals surface area contributed by atoms with Crippen LogP contribution >= 0.6 is 15.9 Å². The van der Waals surface area contributed by atoms with E-state index in [-0.39, 0.29) is 0 Å². The highest BCUT2D eigenvalue weighted by molar-refractivity contribution is 9.10. The second kappa shape index (κ2) is 7.02. The van der Waals surface area contributed by atoms with Gasteiger partial charge in [0, 0.05) is 16.4 Å². The van der Waals surface area contributed by atoms with Crippen LogP contribution in [0.1, 0.15) is 26.5 Å². The lowest BCUT2D eigenvalue weighted by Crippen LogP contribution is -2.26. The maximum atomic E-state index is 4.41. The number of nitrogens with one attached hydrogen (secondary N) is 1. The SMILES string of the molecule is CCNCC(C)C(C)Cc1ccc(Br)cn1. The summed E-state index contributed by atoms with van der Waals surface area (Å²) in [5, 5.41) is 3.40. The first-order chi connectivity index (χ1) is 7.63. The molecule has 0 aliphatic heterocycles. The van der Waals surface area contributed by atoms with Crippen LogP contribution in [-0.4, -0.2) is 18.1 Å². The predicted octanol–water partition coefficient (Wildman–Crippen LogP) is 3.27. The quantitative estimate of drug-likeness (QED) is 0.867. The van der Waals surface area contributed by atoms with Gasteiger partial charge in [-0.3, -0.25) is 4.98 Å². The maximum Gasteiger partial charge on any atom is 0.0413 e. The Kier molecular flexibility index (Phi) is 5.99. The van der Waals surface area contributed by atoms with E-state index in [2.05, 4.69) is 59.1 Å². The third-order valence-electron chi connectivity index (χ3n) is 3.01. The Morgan fingerprint density at radius 2 is 2.06 bits per heavy atom. The van der Waals surface area contributed by atoms with Gasteiger partial charge in [-0.1, -0.05) is 20.8 Å². The molecule has 0 amide bonds. The molecule has 0 aliphatic carbocycles. The Balaban J connectivity index is 2.43. The first kappa shape index (κ1) is 13.7. The topological polar surface area (TPSA) is 24.9 Å². The van der Waals surface area contributed by atoms with Crippen LogP contribution in [0.2, 0.25) is 0 Å². The van der Waals surface area contributed by atoms with Crippen LogP contribution in [0, 0.1) is 11.8 Å². The van der Waals surface area contributed by atoms with Crippen molar-refractivity contribution in [3.8, 4) is 0 Å². The van der Waals surface area contributed by atoms with Crippen LogP contribution < -0.4 is 5.32 Å². The van der Waals surface area contributed by atoms with Crippen LogP contribution in [0.25, 0.3) is 0 Å². The summed E-state index contributed by atoms with van der Waals surface area (Å²) in [7, 11) is 0. The van der Waals surface area contributed by atoms with E-state index < -0.39 is 0 Å². The van der Waals surface area contributed by atoms with Crippen molar-refractivity contribution in [2.45, 2.75) is 27.2 Å². The van der Waals surface area contributed by atoms with E-state index in [4.69, 9.17) is 0 Å². The summed E-state index contributed by atoms with van der Waals surface area (Å²) in [5.41, 5.74) is 1.18. The standard InChI is InChI=1S/C13H21BrN2/c1-4-15-8-11(3)10(2)7-13-6-5-12(14)9-16-13/h5-6,9-11,15H,4,7-8H2,1-3H3. The van der Waals surface area contributed by atoms with Gasteiger partial charge in [-0.05, 0) is 59.4 Å². The Morgan fingerprint density at radius 1 is 1.31 bits per heavy atom. The van der Waals surface area contributed by atoms with E-state index in [1.54, 1.807) is 0 Å². The summed E-state index contributed by atoms with van der Waals surface area (Å²) in [6.07, 6.45) is 2.93. The Morgan fingerprint density at radius 3 is 2.62 bits per heavy atom. The van der Waals surface area contributed by atoms with Gasteiger partial charge in [0.2, 0.25) is 0 Å². The van der Waals surface area contributed by atoms with Gasteiger partial charge in [-0.25, -0.2) is 0 Å². The summed E-state index contributed by atoms with van der Waals surface area (Å²) >= 11 is 3.40. The second-order valence-electron chi connectivity index (χ2n) is 4.43. The largest absolute Gasteiger partial charge is 0.317 e. The Hall–Kier alpha value is -0.410. The summed E-state index contributed by atoms with van der Waals surface area (Å²) < 4.78 is 1.05. The summed E-state index contributed by atoms with van der Waals surface area (Å²) in [5.74, 6) is 1.35. The fourth-order valence-corrected chi connectivity index (χ4v) is 1.87. The molecule has 2 atom stereocenters. The predicted molar refractivity (Wildman–Crippen MR) is 72.5 cm³/mol. The molecule has 3 heteroatoms. The highest BCUT2D eigenvalue weighted by atomic mass is 79.9. The fraction of sp³-hybridized carbons (Fsp3) is 0.615. The molecule has 1 aromatic rings. The average Bonchev–Trinajstić information content (AvgIpc) is 2.29. The summed E-state index contributed by atoms with van der Waals surface area (Å²) in [6.45, 7) is 8.88. The minimum Gasteiger partial charge on any atom is -0.317 e. The molecular formula is C13H21BrN2. The first-order valence-electron chi connectivity index (χ1n) is 5.94. The molecule has 2 unspecified atom stereocenters. The molecule has 1 rings (SSSR count). The monoisotopic (exact) mass is 284 g/mol. The Bertz CT molecular complexity index is 297. The lowest BCUT2D eigenvalue weighted by Gasteiger charge is -2.19. The lowest BCUT2D eigenvalue weighted by atomic mass is 9.91. The van der Waals surface area contributed by atoms with Crippen molar-refractivity contribution in [1.29, 1.82) is 0 Å². The van der Waals surface area contributed by atoms with Gasteiger partial charge in [-0.2, -0.15) is 0 Å². The number of hydrogen-bond donors (Lipinski definition) is 1. The van der Waals surface area contributed by atoms with Gasteiger partial charge in [0.15, 0.2) is 0 Å². The molecule has 0 spiro atoms. The van der Waals surface area contributed by atoms with Crippen molar-refractivity contribution in [3.63, 3.8) is 0 Å². The van der Waals surface area contributed by atoms with E-state index in [0.717, 1.165) is 24.0 Å². The van der Waals surface area contributed by atoms with Gasteiger partial charge in [0.05, 0.1) is 0 Å². The van der Waals surface area contributed by atoms with E-state index in [1.807, 2.05) is 6.20 Å². The molecular weight excluding hydrogens is 264 g/mol. The van der Waals surface area contributed by atoms with Gasteiger partial charge < -0.3 is 5.32 Å². The molecule has 16 heavy (non-hydrogen) atoms. The zero-order valence-electron chi connectivity index (χ0n) is 10.3. The highest BCUT2D eigenvalue weighted by Crippen LogP contribution is 2.16. The van der Waals surface area contributed by atoms with Crippen molar-refractivity contribution in [2.75, 3.05) is 13.1 Å². The zero-order valence-corrected chi connectivity index (χ0v) is 11.9. The minimum atomic E-state index is 0.660. The lowest BCUT2D eigenvalue weighted by molar-refractivity contribution is 0.366. The van der Waals surface area contributed by atoms with Gasteiger partial charge >= 0.3 is 0 Å². The van der Waals surface area contributed by atoms with E-state index in [1.165, 1.54) is 5.69 Å². The first-order valence-corrected chi connectivity index (χ1v) is 6.74. The fourth-order valence-electron chi connectivity index (χ4n) is 1.63. The molecule has 90 valence electrons. The zero-order chi connectivity index (χ0) is 12.0. The number of rotatable bonds is 6. The number of aromatic nitrogens is 1. The number of pyridine rings is 1. The number of nitrogens with zero attached hydrogens (tertiary/aromatic N) is 1. The van der Waals surface area contributed by atoms with Crippen LogP contribution in [0.3, 0.4) is 0 Å². The van der Waals surface area contributed by atoms with Gasteiger partial charge in [0.25, 0.3) is 0 Å². The molecule has 0 aromatic carbocycles. The molecule has 0 bridgehead atoms. The minimum absolute atomic E-state index is 0.660. The van der Waals surface area contributed by atoms with Crippen LogP contribution in [0.5, 0.6) is 0 Å². The maximum absolute atomic E-state index is 4.41. The van der Waals surface area contributed by atoms with Crippen molar-refractivity contribution in [2.24, 2.45) is 11.8 Å². The molecule has 0 aliphatic rings. The van der Waals surface area contributed by atoms with Gasteiger partial charge in [0.1, 0.15) is 0 Å². The molecule has 1 N–H and O–H groups in total. The summed E-state index contributed by atoms with van der Waals surface area (Å²) in [6, 6.07) is 4.16. The Labute approximate surface area is 107 Å². The van der Waals surface area contributed by atoms with Crippen molar-refractivity contribution in [1.82, 2.24) is 10.3 Å². The summed E-state index contributed by atoms with van der Waals surface area (Å²) in [4.78, 5) is 4.41. The molecule has 1 heterocycles. The van der Waals surface area contributed by atoms with Crippen LogP contribution in [-0.2, 0) is 6.42 Å². The molecule has 0 radical (unpaired) electrons. The smallest absolute Gasteiger partial charge is 0.0413 e. The van der Waals surface area contributed by atoms with E-state index in [0.29, 0.717) is 11.8 Å². The molecule has 0 fully saturated rings. The number of hydrogen-bond acceptors (Lipinski definition) is 2. The van der Waals surface area contributed by atoms with Crippen LogP contribution in [0.4, 0.5) is 0 Å². The van der Waals surface area contributed by atoms with Crippen LogP contribution in [0.15, 0.2) is 22.8 Å². The second-order valence-corrected chi connectivity index (χ2v) is 5.35. The molecule has 2 nitrogen and oxygen atoms in total. The third kappa shape index (κ3) is 4.62. The third-order valence-corrected chi connectivity index (χ3v) is 3.48.